The molecule has 1 aliphatic heterocycles. The highest BCUT2D eigenvalue weighted by molar-refractivity contribution is 6.07. The molecule has 2 N–H and O–H groups in total. The van der Waals surface area contributed by atoms with Crippen molar-refractivity contribution in [2.24, 2.45) is 0 Å². The number of imide groups is 1. The molecule has 1 saturated heterocycles. The van der Waals surface area contributed by atoms with Crippen molar-refractivity contribution in [2.75, 3.05) is 27.3 Å². The minimum Gasteiger partial charge on any atom is -0.493 e. The molecule has 0 atom stereocenters. The summed E-state index contributed by atoms with van der Waals surface area (Å²) in [6.45, 7) is 0.563. The van der Waals surface area contributed by atoms with Gasteiger partial charge in [0.25, 0.3) is 5.91 Å². The summed E-state index contributed by atoms with van der Waals surface area (Å²) in [4.78, 5) is 38.0. The number of carbonyl (C=O) groups excluding carboxylic acids is 3. The summed E-state index contributed by atoms with van der Waals surface area (Å²) in [5.74, 6) is 0.927. The summed E-state index contributed by atoms with van der Waals surface area (Å²) in [6.07, 6.45) is 3.99. The van der Waals surface area contributed by atoms with Gasteiger partial charge in [0.05, 0.1) is 14.2 Å². The number of amides is 4. The second-order valence-corrected chi connectivity index (χ2v) is 7.22. The Bertz CT molecular complexity index is 758. The van der Waals surface area contributed by atoms with E-state index in [0.717, 1.165) is 18.4 Å². The predicted octanol–water partition coefficient (Wildman–Crippen LogP) is 1.62. The molecule has 28 heavy (non-hydrogen) atoms. The second-order valence-electron chi connectivity index (χ2n) is 7.22. The summed E-state index contributed by atoms with van der Waals surface area (Å²) in [7, 11) is 3.16. The predicted molar refractivity (Wildman–Crippen MR) is 102 cm³/mol. The molecule has 1 aromatic carbocycles. The number of rotatable bonds is 8. The standard InChI is InChI=1S/C20H27N3O5/c1-27-15-6-5-14(13-16(15)28-2)7-11-21-17(24)8-12-23-18(25)20(22-19(23)26)9-3-4-10-20/h5-6,13H,3-4,7-12H2,1-2H3,(H,21,24)(H,22,26). The zero-order chi connectivity index (χ0) is 20.1. The zero-order valence-electron chi connectivity index (χ0n) is 16.4. The molecule has 3 rings (SSSR count). The van der Waals surface area contributed by atoms with Crippen molar-refractivity contribution in [3.05, 3.63) is 23.8 Å². The summed E-state index contributed by atoms with van der Waals surface area (Å²) in [5.41, 5.74) is 0.288. The quantitative estimate of drug-likeness (QED) is 0.659. The Kier molecular flexibility index (Phi) is 6.06. The van der Waals surface area contributed by atoms with Crippen LogP contribution in [0, 0.1) is 0 Å². The normalized spacial score (nSPS) is 17.7. The Morgan fingerprint density at radius 3 is 2.57 bits per heavy atom. The van der Waals surface area contributed by atoms with Crippen LogP contribution in [0.2, 0.25) is 0 Å². The monoisotopic (exact) mass is 389 g/mol. The number of carbonyl (C=O) groups is 3. The highest BCUT2D eigenvalue weighted by Gasteiger charge is 2.52. The molecule has 1 aromatic rings. The first-order valence-electron chi connectivity index (χ1n) is 9.61. The first-order chi connectivity index (χ1) is 13.5. The Labute approximate surface area is 164 Å². The molecule has 2 aliphatic rings. The molecule has 0 aromatic heterocycles. The molecule has 1 aliphatic carbocycles. The third-order valence-corrected chi connectivity index (χ3v) is 5.45. The molecular formula is C20H27N3O5. The zero-order valence-corrected chi connectivity index (χ0v) is 16.4. The molecule has 0 radical (unpaired) electrons. The van der Waals surface area contributed by atoms with E-state index in [0.29, 0.717) is 37.3 Å². The van der Waals surface area contributed by atoms with Gasteiger partial charge in [0, 0.05) is 19.5 Å². The average molecular weight is 389 g/mol. The lowest BCUT2D eigenvalue weighted by atomic mass is 9.98. The topological polar surface area (TPSA) is 97.0 Å². The molecule has 8 nitrogen and oxygen atoms in total. The van der Waals surface area contributed by atoms with Gasteiger partial charge < -0.3 is 20.1 Å². The van der Waals surface area contributed by atoms with E-state index in [2.05, 4.69) is 10.6 Å². The number of nitrogens with one attached hydrogen (secondary N) is 2. The van der Waals surface area contributed by atoms with Crippen LogP contribution in [0.5, 0.6) is 11.5 Å². The fourth-order valence-corrected chi connectivity index (χ4v) is 3.88. The van der Waals surface area contributed by atoms with Crippen molar-refractivity contribution < 1.29 is 23.9 Å². The molecule has 152 valence electrons. The smallest absolute Gasteiger partial charge is 0.325 e. The maximum absolute atomic E-state index is 12.6. The van der Waals surface area contributed by atoms with Gasteiger partial charge in [-0.25, -0.2) is 4.79 Å². The Balaban J connectivity index is 1.44. The lowest BCUT2D eigenvalue weighted by Crippen LogP contribution is -2.44. The van der Waals surface area contributed by atoms with Crippen molar-refractivity contribution in [2.45, 2.75) is 44.1 Å². The lowest BCUT2D eigenvalue weighted by Gasteiger charge is -2.19. The van der Waals surface area contributed by atoms with E-state index in [9.17, 15) is 14.4 Å². The first-order valence-corrected chi connectivity index (χ1v) is 9.61. The molecular weight excluding hydrogens is 362 g/mol. The van der Waals surface area contributed by atoms with E-state index in [4.69, 9.17) is 9.47 Å². The van der Waals surface area contributed by atoms with Crippen molar-refractivity contribution in [3.63, 3.8) is 0 Å². The van der Waals surface area contributed by atoms with Gasteiger partial charge in [-0.3, -0.25) is 14.5 Å². The minimum atomic E-state index is -0.721. The summed E-state index contributed by atoms with van der Waals surface area (Å²) in [6, 6.07) is 5.23. The van der Waals surface area contributed by atoms with Crippen LogP contribution >= 0.6 is 0 Å². The van der Waals surface area contributed by atoms with Crippen molar-refractivity contribution in [1.82, 2.24) is 15.5 Å². The number of methoxy groups -OCH3 is 2. The SMILES string of the molecule is COc1ccc(CCNC(=O)CCN2C(=O)NC3(CCCC3)C2=O)cc1OC. The molecule has 4 amide bonds. The molecule has 1 heterocycles. The molecule has 8 heteroatoms. The van der Waals surface area contributed by atoms with Gasteiger partial charge >= 0.3 is 6.03 Å². The largest absolute Gasteiger partial charge is 0.493 e. The molecule has 0 unspecified atom stereocenters. The third-order valence-electron chi connectivity index (χ3n) is 5.45. The average Bonchev–Trinajstić information content (AvgIpc) is 3.25. The van der Waals surface area contributed by atoms with Gasteiger partial charge in [0.1, 0.15) is 5.54 Å². The maximum Gasteiger partial charge on any atom is 0.325 e. The van der Waals surface area contributed by atoms with Crippen LogP contribution in [0.15, 0.2) is 18.2 Å². The van der Waals surface area contributed by atoms with E-state index < -0.39 is 5.54 Å². The van der Waals surface area contributed by atoms with Crippen LogP contribution in [-0.4, -0.2) is 55.6 Å². The Morgan fingerprint density at radius 2 is 1.89 bits per heavy atom. The molecule has 2 fully saturated rings. The van der Waals surface area contributed by atoms with E-state index in [-0.39, 0.29) is 30.8 Å². The van der Waals surface area contributed by atoms with Crippen molar-refractivity contribution >= 4 is 17.8 Å². The summed E-state index contributed by atoms with van der Waals surface area (Å²) < 4.78 is 10.5. The van der Waals surface area contributed by atoms with Crippen molar-refractivity contribution in [3.8, 4) is 11.5 Å². The van der Waals surface area contributed by atoms with E-state index >= 15 is 0 Å². The number of benzene rings is 1. The van der Waals surface area contributed by atoms with E-state index in [1.54, 1.807) is 14.2 Å². The van der Waals surface area contributed by atoms with Crippen LogP contribution in [0.3, 0.4) is 0 Å². The number of nitrogens with zero attached hydrogens (tertiary/aromatic N) is 1. The van der Waals surface area contributed by atoms with Gasteiger partial charge in [0.15, 0.2) is 11.5 Å². The minimum absolute atomic E-state index is 0.0984. The second kappa shape index (κ2) is 8.50. The van der Waals surface area contributed by atoms with E-state index in [1.165, 1.54) is 4.90 Å². The van der Waals surface area contributed by atoms with Crippen LogP contribution in [0.4, 0.5) is 4.79 Å². The van der Waals surface area contributed by atoms with E-state index in [1.807, 2.05) is 18.2 Å². The third kappa shape index (κ3) is 4.05. The van der Waals surface area contributed by atoms with Gasteiger partial charge in [-0.1, -0.05) is 18.9 Å². The number of hydrogen-bond acceptors (Lipinski definition) is 5. The first kappa shape index (κ1) is 20.0. The number of ether oxygens (including phenoxy) is 2. The molecule has 0 bridgehead atoms. The maximum atomic E-state index is 12.6. The lowest BCUT2D eigenvalue weighted by molar-refractivity contribution is -0.131. The molecule has 1 saturated carbocycles. The highest BCUT2D eigenvalue weighted by Crippen LogP contribution is 2.35. The Morgan fingerprint density at radius 1 is 1.18 bits per heavy atom. The van der Waals surface area contributed by atoms with Gasteiger partial charge in [-0.15, -0.1) is 0 Å². The number of urea groups is 1. The fourth-order valence-electron chi connectivity index (χ4n) is 3.88. The van der Waals surface area contributed by atoms with Crippen LogP contribution in [-0.2, 0) is 16.0 Å². The van der Waals surface area contributed by atoms with Crippen LogP contribution < -0.4 is 20.1 Å². The van der Waals surface area contributed by atoms with Crippen molar-refractivity contribution in [1.29, 1.82) is 0 Å². The summed E-state index contributed by atoms with van der Waals surface area (Å²) in [5, 5.41) is 5.65. The van der Waals surface area contributed by atoms with Gasteiger partial charge in [-0.2, -0.15) is 0 Å². The summed E-state index contributed by atoms with van der Waals surface area (Å²) >= 11 is 0. The van der Waals surface area contributed by atoms with Crippen LogP contribution in [0.1, 0.15) is 37.7 Å². The fraction of sp³-hybridized carbons (Fsp3) is 0.550. The number of hydrogen-bond donors (Lipinski definition) is 2. The van der Waals surface area contributed by atoms with Gasteiger partial charge in [-0.05, 0) is 37.0 Å². The Hall–Kier alpha value is -2.77. The van der Waals surface area contributed by atoms with Gasteiger partial charge in [0.2, 0.25) is 5.91 Å². The van der Waals surface area contributed by atoms with Crippen LogP contribution in [0.25, 0.3) is 0 Å². The highest BCUT2D eigenvalue weighted by atomic mass is 16.5. The molecule has 1 spiro atoms.